The molecule has 0 aliphatic carbocycles. The molecule has 0 aliphatic heterocycles. The van der Waals surface area contributed by atoms with E-state index in [9.17, 15) is 22.4 Å². The molecule has 9 heteroatoms. The first-order valence-electron chi connectivity index (χ1n) is 12.4. The Morgan fingerprint density at radius 3 is 2.05 bits per heavy atom. The van der Waals surface area contributed by atoms with Crippen LogP contribution >= 0.6 is 0 Å². The topological polar surface area (TPSA) is 86.8 Å². The molecular formula is C29H34FN3O4S. The number of hydrogen-bond donors (Lipinski definition) is 1. The van der Waals surface area contributed by atoms with Crippen LogP contribution in [-0.2, 0) is 26.2 Å². The molecule has 0 saturated heterocycles. The second kappa shape index (κ2) is 12.2. The summed E-state index contributed by atoms with van der Waals surface area (Å²) in [6, 6.07) is 18.0. The normalized spacial score (nSPS) is 12.2. The van der Waals surface area contributed by atoms with E-state index in [0.29, 0.717) is 5.69 Å². The number of benzene rings is 3. The largest absolute Gasteiger partial charge is 0.352 e. The molecule has 1 N–H and O–H groups in total. The fourth-order valence-corrected chi connectivity index (χ4v) is 5.56. The average molecular weight is 540 g/mol. The van der Waals surface area contributed by atoms with Gasteiger partial charge < -0.3 is 10.2 Å². The summed E-state index contributed by atoms with van der Waals surface area (Å²) in [7, 11) is -4.15. The molecule has 38 heavy (non-hydrogen) atoms. The Morgan fingerprint density at radius 1 is 0.895 bits per heavy atom. The number of carbonyl (C=O) groups is 2. The standard InChI is InChI=1S/C29H34FN3O4S/c1-20(2)31-29(35)23(5)32(18-24-11-9-10-14-27(24)30)28(34)19-33(25-16-21(3)15-22(4)17-25)38(36,37)26-12-7-6-8-13-26/h6-17,20,23H,18-19H2,1-5H3,(H,31,35). The molecule has 3 aromatic rings. The number of nitrogens with zero attached hydrogens (tertiary/aromatic N) is 2. The van der Waals surface area contributed by atoms with Crippen LogP contribution in [-0.4, -0.2) is 43.8 Å². The van der Waals surface area contributed by atoms with Gasteiger partial charge in [0.05, 0.1) is 10.6 Å². The molecule has 2 amide bonds. The summed E-state index contributed by atoms with van der Waals surface area (Å²) < 4.78 is 43.2. The number of nitrogens with one attached hydrogen (secondary N) is 1. The number of rotatable bonds is 10. The van der Waals surface area contributed by atoms with Crippen molar-refractivity contribution in [3.63, 3.8) is 0 Å². The average Bonchev–Trinajstić information content (AvgIpc) is 2.85. The molecule has 3 aromatic carbocycles. The molecule has 0 spiro atoms. The first-order chi connectivity index (χ1) is 17.9. The number of sulfonamides is 1. The second-order valence-corrected chi connectivity index (χ2v) is 11.5. The molecule has 3 rings (SSSR count). The van der Waals surface area contributed by atoms with Crippen LogP contribution in [0.2, 0.25) is 0 Å². The van der Waals surface area contributed by atoms with Crippen molar-refractivity contribution in [1.29, 1.82) is 0 Å². The van der Waals surface area contributed by atoms with E-state index in [4.69, 9.17) is 0 Å². The molecule has 0 heterocycles. The molecule has 1 atom stereocenters. The Hall–Kier alpha value is -3.72. The lowest BCUT2D eigenvalue weighted by Gasteiger charge is -2.32. The van der Waals surface area contributed by atoms with E-state index in [0.717, 1.165) is 15.4 Å². The van der Waals surface area contributed by atoms with Gasteiger partial charge in [0, 0.05) is 18.2 Å². The predicted octanol–water partition coefficient (Wildman–Crippen LogP) is 4.58. The van der Waals surface area contributed by atoms with Gasteiger partial charge in [-0.1, -0.05) is 42.5 Å². The Bertz CT molecular complexity index is 1370. The number of carbonyl (C=O) groups excluding carboxylic acids is 2. The van der Waals surface area contributed by atoms with Crippen LogP contribution in [0.25, 0.3) is 0 Å². The highest BCUT2D eigenvalue weighted by atomic mass is 32.2. The maximum atomic E-state index is 14.6. The van der Waals surface area contributed by atoms with Crippen LogP contribution in [0.1, 0.15) is 37.5 Å². The Balaban J connectivity index is 2.07. The first kappa shape index (κ1) is 28.8. The third-order valence-electron chi connectivity index (χ3n) is 6.00. The van der Waals surface area contributed by atoms with E-state index in [2.05, 4.69) is 5.32 Å². The van der Waals surface area contributed by atoms with Crippen molar-refractivity contribution in [3.05, 3.63) is 95.3 Å². The first-order valence-corrected chi connectivity index (χ1v) is 13.8. The predicted molar refractivity (Wildman–Crippen MR) is 147 cm³/mol. The molecular weight excluding hydrogens is 505 g/mol. The van der Waals surface area contributed by atoms with E-state index >= 15 is 0 Å². The van der Waals surface area contributed by atoms with E-state index < -0.39 is 40.2 Å². The maximum absolute atomic E-state index is 14.6. The smallest absolute Gasteiger partial charge is 0.264 e. The molecule has 202 valence electrons. The SMILES string of the molecule is Cc1cc(C)cc(N(CC(=O)N(Cc2ccccc2F)C(C)C(=O)NC(C)C)S(=O)(=O)c2ccccc2)c1. The highest BCUT2D eigenvalue weighted by molar-refractivity contribution is 7.92. The maximum Gasteiger partial charge on any atom is 0.264 e. The number of halogens is 1. The fraction of sp³-hybridized carbons (Fsp3) is 0.310. The number of amides is 2. The van der Waals surface area contributed by atoms with Crippen molar-refractivity contribution < 1.29 is 22.4 Å². The minimum atomic E-state index is -4.15. The van der Waals surface area contributed by atoms with Gasteiger partial charge in [0.25, 0.3) is 10.0 Å². The van der Waals surface area contributed by atoms with Crippen LogP contribution in [0, 0.1) is 19.7 Å². The number of aryl methyl sites for hydroxylation is 2. The van der Waals surface area contributed by atoms with Crippen molar-refractivity contribution in [2.45, 2.75) is 58.1 Å². The van der Waals surface area contributed by atoms with E-state index in [-0.39, 0.29) is 23.0 Å². The summed E-state index contributed by atoms with van der Waals surface area (Å²) in [6.07, 6.45) is 0. The van der Waals surface area contributed by atoms with Gasteiger partial charge >= 0.3 is 0 Å². The van der Waals surface area contributed by atoms with Crippen LogP contribution in [0.5, 0.6) is 0 Å². The van der Waals surface area contributed by atoms with Gasteiger partial charge in [-0.15, -0.1) is 0 Å². The zero-order valence-electron chi connectivity index (χ0n) is 22.3. The van der Waals surface area contributed by atoms with E-state index in [1.807, 2.05) is 19.9 Å². The van der Waals surface area contributed by atoms with Crippen LogP contribution in [0.3, 0.4) is 0 Å². The number of anilines is 1. The Labute approximate surface area is 224 Å². The summed E-state index contributed by atoms with van der Waals surface area (Å²) in [5.74, 6) is -1.59. The van der Waals surface area contributed by atoms with Crippen molar-refractivity contribution >= 4 is 27.5 Å². The third kappa shape index (κ3) is 6.98. The molecule has 0 aromatic heterocycles. The van der Waals surface area contributed by atoms with Gasteiger partial charge in [0.1, 0.15) is 18.4 Å². The van der Waals surface area contributed by atoms with Crippen LogP contribution in [0.4, 0.5) is 10.1 Å². The monoisotopic (exact) mass is 539 g/mol. The molecule has 0 aliphatic rings. The minimum Gasteiger partial charge on any atom is -0.352 e. The Morgan fingerprint density at radius 2 is 1.47 bits per heavy atom. The lowest BCUT2D eigenvalue weighted by molar-refractivity contribution is -0.139. The second-order valence-electron chi connectivity index (χ2n) is 9.62. The lowest BCUT2D eigenvalue weighted by Crippen LogP contribution is -2.52. The van der Waals surface area contributed by atoms with Crippen molar-refractivity contribution in [2.75, 3.05) is 10.8 Å². The van der Waals surface area contributed by atoms with E-state index in [1.165, 1.54) is 35.2 Å². The fourth-order valence-electron chi connectivity index (χ4n) is 4.14. The van der Waals surface area contributed by atoms with Gasteiger partial charge in [-0.2, -0.15) is 0 Å². The summed E-state index contributed by atoms with van der Waals surface area (Å²) in [4.78, 5) is 28.0. The van der Waals surface area contributed by atoms with E-state index in [1.54, 1.807) is 57.2 Å². The van der Waals surface area contributed by atoms with Crippen molar-refractivity contribution in [3.8, 4) is 0 Å². The third-order valence-corrected chi connectivity index (χ3v) is 7.79. The highest BCUT2D eigenvalue weighted by Gasteiger charge is 2.33. The molecule has 0 saturated carbocycles. The summed E-state index contributed by atoms with van der Waals surface area (Å²) in [5, 5.41) is 2.78. The summed E-state index contributed by atoms with van der Waals surface area (Å²) in [5.41, 5.74) is 2.20. The van der Waals surface area contributed by atoms with Crippen molar-refractivity contribution in [2.24, 2.45) is 0 Å². The zero-order valence-corrected chi connectivity index (χ0v) is 23.1. The van der Waals surface area contributed by atoms with Gasteiger partial charge in [0.2, 0.25) is 11.8 Å². The highest BCUT2D eigenvalue weighted by Crippen LogP contribution is 2.26. The van der Waals surface area contributed by atoms with Gasteiger partial charge in [-0.3, -0.25) is 13.9 Å². The number of hydrogen-bond acceptors (Lipinski definition) is 4. The van der Waals surface area contributed by atoms with Gasteiger partial charge in [0.15, 0.2) is 0 Å². The molecule has 0 bridgehead atoms. The van der Waals surface area contributed by atoms with Gasteiger partial charge in [-0.25, -0.2) is 12.8 Å². The summed E-state index contributed by atoms with van der Waals surface area (Å²) >= 11 is 0. The minimum absolute atomic E-state index is 0.0261. The molecule has 0 radical (unpaired) electrons. The molecule has 1 unspecified atom stereocenters. The zero-order chi connectivity index (χ0) is 28.0. The van der Waals surface area contributed by atoms with Crippen LogP contribution < -0.4 is 9.62 Å². The van der Waals surface area contributed by atoms with Crippen molar-refractivity contribution in [1.82, 2.24) is 10.2 Å². The van der Waals surface area contributed by atoms with Gasteiger partial charge in [-0.05, 0) is 76.1 Å². The lowest BCUT2D eigenvalue weighted by atomic mass is 10.1. The Kier molecular flexibility index (Phi) is 9.27. The molecule has 7 nitrogen and oxygen atoms in total. The van der Waals surface area contributed by atoms with Crippen LogP contribution in [0.15, 0.2) is 77.7 Å². The quantitative estimate of drug-likeness (QED) is 0.409. The molecule has 0 fully saturated rings. The summed E-state index contributed by atoms with van der Waals surface area (Å²) in [6.45, 7) is 8.04.